The fourth-order valence-corrected chi connectivity index (χ4v) is 2.87. The molecule has 0 fully saturated rings. The highest BCUT2D eigenvalue weighted by atomic mass is 35.5. The fourth-order valence-electron chi connectivity index (χ4n) is 2.55. The topological polar surface area (TPSA) is 38.3 Å². The predicted octanol–water partition coefficient (Wildman–Crippen LogP) is 6.14. The molecule has 0 aliphatic heterocycles. The van der Waals surface area contributed by atoms with E-state index in [9.17, 15) is 4.79 Å². The lowest BCUT2D eigenvalue weighted by molar-refractivity contribution is -0.116. The van der Waals surface area contributed by atoms with E-state index in [1.54, 1.807) is 12.1 Å². The van der Waals surface area contributed by atoms with E-state index in [1.807, 2.05) is 60.7 Å². The zero-order valence-corrected chi connectivity index (χ0v) is 16.1. The van der Waals surface area contributed by atoms with Crippen molar-refractivity contribution in [2.45, 2.75) is 19.4 Å². The van der Waals surface area contributed by atoms with E-state index in [0.29, 0.717) is 29.5 Å². The Bertz CT molecular complexity index is 896. The van der Waals surface area contributed by atoms with Crippen molar-refractivity contribution in [2.75, 3.05) is 5.32 Å². The maximum atomic E-state index is 12.1. The van der Waals surface area contributed by atoms with Crippen molar-refractivity contribution in [3.63, 3.8) is 0 Å². The van der Waals surface area contributed by atoms with Gasteiger partial charge < -0.3 is 10.1 Å². The molecule has 27 heavy (non-hydrogen) atoms. The van der Waals surface area contributed by atoms with E-state index in [2.05, 4.69) is 5.32 Å². The molecule has 0 spiro atoms. The van der Waals surface area contributed by atoms with Crippen LogP contribution in [0.1, 0.15) is 17.5 Å². The fraction of sp³-hybridized carbons (Fsp3) is 0.136. The number of halogens is 2. The molecule has 0 atom stereocenters. The number of anilines is 1. The van der Waals surface area contributed by atoms with E-state index in [-0.39, 0.29) is 5.91 Å². The number of benzene rings is 3. The number of nitrogens with one attached hydrogen (secondary N) is 1. The first-order valence-electron chi connectivity index (χ1n) is 8.61. The standard InChI is InChI=1S/C22H19Cl2NO2/c23-20-12-6-16(14-21(20)24)7-13-22(26)25-18-8-10-19(11-9-18)27-15-17-4-2-1-3-5-17/h1-6,8-12,14H,7,13,15H2,(H,25,26). The Balaban J connectivity index is 1.47. The van der Waals surface area contributed by atoms with Gasteiger partial charge in [-0.25, -0.2) is 0 Å². The van der Waals surface area contributed by atoms with Gasteiger partial charge in [0.25, 0.3) is 0 Å². The molecule has 0 saturated heterocycles. The summed E-state index contributed by atoms with van der Waals surface area (Å²) >= 11 is 11.9. The molecule has 1 amide bonds. The molecule has 0 saturated carbocycles. The molecule has 0 aliphatic rings. The van der Waals surface area contributed by atoms with Crippen LogP contribution in [0.4, 0.5) is 5.69 Å². The molecule has 1 N–H and O–H groups in total. The predicted molar refractivity (Wildman–Crippen MR) is 111 cm³/mol. The van der Waals surface area contributed by atoms with Gasteiger partial charge in [0, 0.05) is 12.1 Å². The highest BCUT2D eigenvalue weighted by Gasteiger charge is 2.05. The van der Waals surface area contributed by atoms with E-state index >= 15 is 0 Å². The number of amides is 1. The number of rotatable bonds is 7. The Labute approximate surface area is 168 Å². The second-order valence-corrected chi connectivity index (χ2v) is 6.91. The molecular weight excluding hydrogens is 381 g/mol. The number of hydrogen-bond acceptors (Lipinski definition) is 2. The van der Waals surface area contributed by atoms with E-state index in [0.717, 1.165) is 22.6 Å². The molecule has 0 unspecified atom stereocenters. The van der Waals surface area contributed by atoms with E-state index < -0.39 is 0 Å². The highest BCUT2D eigenvalue weighted by Crippen LogP contribution is 2.23. The van der Waals surface area contributed by atoms with Crippen LogP contribution in [-0.2, 0) is 17.8 Å². The van der Waals surface area contributed by atoms with Crippen LogP contribution in [0.5, 0.6) is 5.75 Å². The summed E-state index contributed by atoms with van der Waals surface area (Å²) in [5.41, 5.74) is 2.82. The molecule has 5 heteroatoms. The van der Waals surface area contributed by atoms with Crippen molar-refractivity contribution in [3.8, 4) is 5.75 Å². The van der Waals surface area contributed by atoms with Crippen LogP contribution in [0, 0.1) is 0 Å². The summed E-state index contributed by atoms with van der Waals surface area (Å²) in [6, 6.07) is 22.7. The van der Waals surface area contributed by atoms with Crippen molar-refractivity contribution in [3.05, 3.63) is 94.0 Å². The Morgan fingerprint density at radius 3 is 2.30 bits per heavy atom. The molecule has 3 rings (SSSR count). The van der Waals surface area contributed by atoms with Gasteiger partial charge in [-0.1, -0.05) is 59.6 Å². The highest BCUT2D eigenvalue weighted by molar-refractivity contribution is 6.42. The summed E-state index contributed by atoms with van der Waals surface area (Å²) in [6.45, 7) is 0.510. The van der Waals surface area contributed by atoms with Crippen molar-refractivity contribution in [2.24, 2.45) is 0 Å². The second-order valence-electron chi connectivity index (χ2n) is 6.10. The summed E-state index contributed by atoms with van der Waals surface area (Å²) in [6.07, 6.45) is 0.964. The largest absolute Gasteiger partial charge is 0.489 e. The van der Waals surface area contributed by atoms with Gasteiger partial charge in [0.1, 0.15) is 12.4 Å². The monoisotopic (exact) mass is 399 g/mol. The number of aryl methyl sites for hydroxylation is 1. The normalized spacial score (nSPS) is 10.4. The first-order valence-corrected chi connectivity index (χ1v) is 9.36. The molecule has 0 aromatic heterocycles. The van der Waals surface area contributed by atoms with Crippen molar-refractivity contribution < 1.29 is 9.53 Å². The molecule has 0 aliphatic carbocycles. The van der Waals surface area contributed by atoms with Gasteiger partial charge in [0.15, 0.2) is 0 Å². The average molecular weight is 400 g/mol. The van der Waals surface area contributed by atoms with Gasteiger partial charge in [0.2, 0.25) is 5.91 Å². The molecule has 138 valence electrons. The Kier molecular flexibility index (Phi) is 6.74. The van der Waals surface area contributed by atoms with Crippen LogP contribution >= 0.6 is 23.2 Å². The number of hydrogen-bond donors (Lipinski definition) is 1. The first kappa shape index (κ1) is 19.3. The van der Waals surface area contributed by atoms with Crippen LogP contribution in [0.2, 0.25) is 10.0 Å². The lowest BCUT2D eigenvalue weighted by Crippen LogP contribution is -2.12. The molecule has 3 aromatic rings. The van der Waals surface area contributed by atoms with Crippen molar-refractivity contribution in [1.82, 2.24) is 0 Å². The summed E-state index contributed by atoms with van der Waals surface area (Å²) in [5, 5.41) is 3.90. The van der Waals surface area contributed by atoms with Crippen LogP contribution < -0.4 is 10.1 Å². The summed E-state index contributed by atoms with van der Waals surface area (Å²) in [5.74, 6) is 0.701. The smallest absolute Gasteiger partial charge is 0.224 e. The minimum absolute atomic E-state index is 0.0565. The van der Waals surface area contributed by atoms with Crippen LogP contribution in [0.25, 0.3) is 0 Å². The number of ether oxygens (including phenoxy) is 1. The van der Waals surface area contributed by atoms with Gasteiger partial charge in [-0.2, -0.15) is 0 Å². The minimum Gasteiger partial charge on any atom is -0.489 e. The van der Waals surface area contributed by atoms with Gasteiger partial charge >= 0.3 is 0 Å². The summed E-state index contributed by atoms with van der Waals surface area (Å²) in [4.78, 5) is 12.1. The van der Waals surface area contributed by atoms with Gasteiger partial charge in [0.05, 0.1) is 10.0 Å². The quantitative estimate of drug-likeness (QED) is 0.517. The summed E-state index contributed by atoms with van der Waals surface area (Å²) < 4.78 is 5.74. The third-order valence-electron chi connectivity index (χ3n) is 4.01. The van der Waals surface area contributed by atoms with Crippen LogP contribution in [0.15, 0.2) is 72.8 Å². The average Bonchev–Trinajstić information content (AvgIpc) is 2.69. The Morgan fingerprint density at radius 1 is 0.852 bits per heavy atom. The third kappa shape index (κ3) is 6.02. The number of carbonyl (C=O) groups excluding carboxylic acids is 1. The molecule has 0 heterocycles. The van der Waals surface area contributed by atoms with Crippen molar-refractivity contribution >= 4 is 34.8 Å². The SMILES string of the molecule is O=C(CCc1ccc(Cl)c(Cl)c1)Nc1ccc(OCc2ccccc2)cc1. The lowest BCUT2D eigenvalue weighted by atomic mass is 10.1. The van der Waals surface area contributed by atoms with E-state index in [1.165, 1.54) is 0 Å². The van der Waals surface area contributed by atoms with E-state index in [4.69, 9.17) is 27.9 Å². The van der Waals surface area contributed by atoms with Gasteiger partial charge in [-0.15, -0.1) is 0 Å². The lowest BCUT2D eigenvalue weighted by Gasteiger charge is -2.09. The number of carbonyl (C=O) groups is 1. The molecule has 3 aromatic carbocycles. The van der Waals surface area contributed by atoms with Crippen LogP contribution in [-0.4, -0.2) is 5.91 Å². The zero-order valence-electron chi connectivity index (χ0n) is 14.6. The van der Waals surface area contributed by atoms with Gasteiger partial charge in [-0.3, -0.25) is 4.79 Å². The molecule has 3 nitrogen and oxygen atoms in total. The second kappa shape index (κ2) is 9.45. The molecule has 0 radical (unpaired) electrons. The third-order valence-corrected chi connectivity index (χ3v) is 4.75. The molecular formula is C22H19Cl2NO2. The maximum absolute atomic E-state index is 12.1. The Hall–Kier alpha value is -2.49. The zero-order chi connectivity index (χ0) is 19.1. The van der Waals surface area contributed by atoms with Gasteiger partial charge in [-0.05, 0) is 53.9 Å². The maximum Gasteiger partial charge on any atom is 0.224 e. The summed E-state index contributed by atoms with van der Waals surface area (Å²) in [7, 11) is 0. The van der Waals surface area contributed by atoms with Crippen LogP contribution in [0.3, 0.4) is 0 Å². The first-order chi connectivity index (χ1) is 13.1. The van der Waals surface area contributed by atoms with Crippen molar-refractivity contribution in [1.29, 1.82) is 0 Å². The molecule has 0 bridgehead atoms. The Morgan fingerprint density at radius 2 is 1.59 bits per heavy atom. The minimum atomic E-state index is -0.0565.